The number of imidazole rings is 1. The highest BCUT2D eigenvalue weighted by atomic mass is 35.5. The lowest BCUT2D eigenvalue weighted by molar-refractivity contribution is -0.138. The summed E-state index contributed by atoms with van der Waals surface area (Å²) in [5, 5.41) is 10.6. The van der Waals surface area contributed by atoms with E-state index in [-0.39, 0.29) is 19.1 Å². The first-order valence-corrected chi connectivity index (χ1v) is 10.6. The summed E-state index contributed by atoms with van der Waals surface area (Å²) in [6.45, 7) is 1.60. The molecule has 1 saturated carbocycles. The molecule has 1 saturated heterocycles. The topological polar surface area (TPSA) is 80.5 Å². The monoisotopic (exact) mass is 446 g/mol. The van der Waals surface area contributed by atoms with Crippen molar-refractivity contribution in [1.82, 2.24) is 14.5 Å². The van der Waals surface area contributed by atoms with Crippen LogP contribution in [-0.4, -0.2) is 51.4 Å². The molecule has 0 bridgehead atoms. The smallest absolute Gasteiger partial charge is 0.305 e. The van der Waals surface area contributed by atoms with Crippen molar-refractivity contribution in [2.75, 3.05) is 24.7 Å². The predicted octanol–water partition coefficient (Wildman–Crippen LogP) is 4.04. The maximum Gasteiger partial charge on any atom is 0.305 e. The van der Waals surface area contributed by atoms with Gasteiger partial charge in [-0.05, 0) is 30.4 Å². The summed E-state index contributed by atoms with van der Waals surface area (Å²) in [7, 11) is 0. The number of anilines is 1. The summed E-state index contributed by atoms with van der Waals surface area (Å²) in [5.41, 5.74) is 1.58. The van der Waals surface area contributed by atoms with E-state index in [4.69, 9.17) is 38.0 Å². The van der Waals surface area contributed by atoms with Gasteiger partial charge in [-0.25, -0.2) is 9.97 Å². The number of carboxylic acid groups (broad SMARTS) is 1. The Balaban J connectivity index is 1.52. The Morgan fingerprint density at radius 3 is 2.97 bits per heavy atom. The first kappa shape index (κ1) is 19.6. The maximum atomic E-state index is 10.8. The average Bonchev–Trinajstić information content (AvgIpc) is 3.13. The van der Waals surface area contributed by atoms with Gasteiger partial charge in [0.2, 0.25) is 0 Å². The number of benzene rings is 1. The molecule has 156 valence electrons. The van der Waals surface area contributed by atoms with Gasteiger partial charge in [-0.2, -0.15) is 0 Å². The number of aliphatic carboxylic acids is 1. The highest BCUT2D eigenvalue weighted by Gasteiger charge is 2.53. The molecule has 30 heavy (non-hydrogen) atoms. The summed E-state index contributed by atoms with van der Waals surface area (Å²) < 4.78 is 7.63. The minimum Gasteiger partial charge on any atom is -0.481 e. The number of aromatic nitrogens is 3. The Bertz CT molecular complexity index is 1110. The standard InChI is InChI=1S/C21H20Cl2N4O3/c22-15-2-1-13-16(26-5-4-24-11-26)8-18(25-21(13)20(15)23)27-9-12-7-14(12)17(27)10-30-6-3-19(28)29/h1-2,4-5,8,11-12,14,17H,3,6-7,9-10H2,(H,28,29)/t12-,14?,17-/m1/s1. The van der Waals surface area contributed by atoms with E-state index < -0.39 is 5.97 Å². The van der Waals surface area contributed by atoms with E-state index in [0.29, 0.717) is 34.0 Å². The number of pyridine rings is 1. The minimum atomic E-state index is -0.852. The Hall–Kier alpha value is -2.35. The van der Waals surface area contributed by atoms with Gasteiger partial charge in [0, 0.05) is 30.4 Å². The van der Waals surface area contributed by atoms with E-state index in [1.54, 1.807) is 18.6 Å². The molecule has 5 rings (SSSR count). The van der Waals surface area contributed by atoms with Crippen molar-refractivity contribution in [3.05, 3.63) is 47.0 Å². The van der Waals surface area contributed by atoms with Crippen LogP contribution in [0.2, 0.25) is 10.0 Å². The first-order valence-electron chi connectivity index (χ1n) is 9.86. The van der Waals surface area contributed by atoms with Gasteiger partial charge in [0.1, 0.15) is 5.82 Å². The fourth-order valence-corrected chi connectivity index (χ4v) is 4.74. The van der Waals surface area contributed by atoms with Crippen molar-refractivity contribution >= 4 is 45.9 Å². The number of halogens is 2. The lowest BCUT2D eigenvalue weighted by Crippen LogP contribution is -2.37. The molecule has 3 atom stereocenters. The molecule has 0 spiro atoms. The molecule has 3 heterocycles. The van der Waals surface area contributed by atoms with E-state index >= 15 is 0 Å². The summed E-state index contributed by atoms with van der Waals surface area (Å²) in [6.07, 6.45) is 6.55. The molecule has 2 aliphatic rings. The molecule has 1 aliphatic carbocycles. The molecule has 3 aromatic rings. The van der Waals surface area contributed by atoms with Crippen LogP contribution < -0.4 is 4.90 Å². The van der Waals surface area contributed by atoms with Gasteiger partial charge in [-0.15, -0.1) is 0 Å². The molecule has 2 aromatic heterocycles. The van der Waals surface area contributed by atoms with E-state index in [1.807, 2.05) is 22.9 Å². The summed E-state index contributed by atoms with van der Waals surface area (Å²) in [5.74, 6) is 1.14. The number of piperidine rings is 1. The molecule has 9 heteroatoms. The van der Waals surface area contributed by atoms with Gasteiger partial charge in [0.15, 0.2) is 0 Å². The Labute approximate surface area is 183 Å². The van der Waals surface area contributed by atoms with Crippen molar-refractivity contribution in [2.45, 2.75) is 18.9 Å². The second kappa shape index (κ2) is 7.72. The maximum absolute atomic E-state index is 10.8. The van der Waals surface area contributed by atoms with Crippen LogP contribution in [0.5, 0.6) is 0 Å². The second-order valence-electron chi connectivity index (χ2n) is 7.83. The molecule has 7 nitrogen and oxygen atoms in total. The van der Waals surface area contributed by atoms with Crippen LogP contribution in [0.4, 0.5) is 5.82 Å². The van der Waals surface area contributed by atoms with Crippen molar-refractivity contribution in [2.24, 2.45) is 11.8 Å². The van der Waals surface area contributed by atoms with Gasteiger partial charge in [-0.3, -0.25) is 4.79 Å². The van der Waals surface area contributed by atoms with Crippen LogP contribution >= 0.6 is 23.2 Å². The number of hydrogen-bond donors (Lipinski definition) is 1. The Morgan fingerprint density at radius 1 is 1.33 bits per heavy atom. The fraction of sp³-hybridized carbons (Fsp3) is 0.381. The Kier molecular flexibility index (Phi) is 5.05. The van der Waals surface area contributed by atoms with Crippen LogP contribution in [0.15, 0.2) is 36.9 Å². The predicted molar refractivity (Wildman–Crippen MR) is 115 cm³/mol. The van der Waals surface area contributed by atoms with Crippen molar-refractivity contribution in [3.8, 4) is 5.69 Å². The lowest BCUT2D eigenvalue weighted by atomic mass is 10.1. The molecule has 1 unspecified atom stereocenters. The molecule has 0 amide bonds. The third kappa shape index (κ3) is 3.51. The third-order valence-corrected chi connectivity index (χ3v) is 6.76. The van der Waals surface area contributed by atoms with Crippen LogP contribution in [0, 0.1) is 11.8 Å². The molecule has 1 N–H and O–H groups in total. The SMILES string of the molecule is O=C(O)CCOC[C@@H]1C2C[C@@H]2CN1c1cc(-n2ccnc2)c2ccc(Cl)c(Cl)c2n1. The highest BCUT2D eigenvalue weighted by molar-refractivity contribution is 6.45. The van der Waals surface area contributed by atoms with Gasteiger partial charge >= 0.3 is 5.97 Å². The zero-order chi connectivity index (χ0) is 20.8. The summed E-state index contributed by atoms with van der Waals surface area (Å²) in [6, 6.07) is 5.91. The fourth-order valence-electron chi connectivity index (χ4n) is 4.38. The minimum absolute atomic E-state index is 0.00786. The number of carbonyl (C=O) groups is 1. The van der Waals surface area contributed by atoms with E-state index in [9.17, 15) is 4.79 Å². The number of hydrogen-bond acceptors (Lipinski definition) is 5. The highest BCUT2D eigenvalue weighted by Crippen LogP contribution is 2.51. The normalized spacial score (nSPS) is 22.5. The number of ether oxygens (including phenoxy) is 1. The van der Waals surface area contributed by atoms with Gasteiger partial charge in [0.25, 0.3) is 0 Å². The van der Waals surface area contributed by atoms with Crippen LogP contribution in [0.25, 0.3) is 16.6 Å². The molecular weight excluding hydrogens is 427 g/mol. The lowest BCUT2D eigenvalue weighted by Gasteiger charge is -2.29. The molecule has 0 radical (unpaired) electrons. The number of carboxylic acids is 1. The number of nitrogens with zero attached hydrogens (tertiary/aromatic N) is 4. The van der Waals surface area contributed by atoms with Crippen molar-refractivity contribution in [1.29, 1.82) is 0 Å². The van der Waals surface area contributed by atoms with Gasteiger partial charge < -0.3 is 19.3 Å². The third-order valence-electron chi connectivity index (χ3n) is 5.97. The molecular formula is C21H20Cl2N4O3. The molecule has 2 fully saturated rings. The summed E-state index contributed by atoms with van der Waals surface area (Å²) >= 11 is 12.8. The first-order chi connectivity index (χ1) is 14.5. The largest absolute Gasteiger partial charge is 0.481 e. The van der Waals surface area contributed by atoms with E-state index in [2.05, 4.69) is 9.88 Å². The average molecular weight is 447 g/mol. The number of fused-ring (bicyclic) bond motifs is 2. The summed E-state index contributed by atoms with van der Waals surface area (Å²) in [4.78, 5) is 22.1. The molecule has 1 aliphatic heterocycles. The van der Waals surface area contributed by atoms with Gasteiger partial charge in [-0.1, -0.05) is 23.2 Å². The van der Waals surface area contributed by atoms with Gasteiger partial charge in [0.05, 0.1) is 53.3 Å². The number of rotatable bonds is 7. The quantitative estimate of drug-likeness (QED) is 0.551. The second-order valence-corrected chi connectivity index (χ2v) is 8.61. The van der Waals surface area contributed by atoms with Crippen LogP contribution in [0.3, 0.4) is 0 Å². The van der Waals surface area contributed by atoms with Crippen LogP contribution in [-0.2, 0) is 9.53 Å². The zero-order valence-electron chi connectivity index (χ0n) is 16.0. The van der Waals surface area contributed by atoms with Crippen molar-refractivity contribution in [3.63, 3.8) is 0 Å². The van der Waals surface area contributed by atoms with E-state index in [0.717, 1.165) is 23.4 Å². The Morgan fingerprint density at radius 2 is 2.20 bits per heavy atom. The zero-order valence-corrected chi connectivity index (χ0v) is 17.6. The van der Waals surface area contributed by atoms with Crippen LogP contribution in [0.1, 0.15) is 12.8 Å². The van der Waals surface area contributed by atoms with Crippen molar-refractivity contribution < 1.29 is 14.6 Å². The molecule has 1 aromatic carbocycles. The van der Waals surface area contributed by atoms with E-state index in [1.165, 1.54) is 6.42 Å².